The number of halogens is 3. The van der Waals surface area contributed by atoms with E-state index in [0.717, 1.165) is 18.2 Å². The van der Waals surface area contributed by atoms with Crippen LogP contribution in [0.4, 0.5) is 13.2 Å². The first-order valence-corrected chi connectivity index (χ1v) is 5.78. The van der Waals surface area contributed by atoms with Crippen molar-refractivity contribution >= 4 is 10.9 Å². The van der Waals surface area contributed by atoms with Crippen LogP contribution in [-0.2, 0) is 12.6 Å². The molecule has 0 aliphatic heterocycles. The summed E-state index contributed by atoms with van der Waals surface area (Å²) < 4.78 is 42.8. The Morgan fingerprint density at radius 3 is 2.58 bits per heavy atom. The second-order valence-electron chi connectivity index (χ2n) is 4.72. The maximum Gasteiger partial charge on any atom is 0.416 e. The lowest BCUT2D eigenvalue weighted by molar-refractivity contribution is -0.137. The molecule has 0 fully saturated rings. The second kappa shape index (κ2) is 4.68. The summed E-state index contributed by atoms with van der Waals surface area (Å²) in [7, 11) is 0. The minimum Gasteiger partial charge on any atom is -0.408 e. The summed E-state index contributed by atoms with van der Waals surface area (Å²) >= 11 is 0. The summed E-state index contributed by atoms with van der Waals surface area (Å²) in [5, 5.41) is 0.0560. The molecule has 1 aromatic carbocycles. The molecule has 0 atom stereocenters. The molecule has 0 spiro atoms. The highest BCUT2D eigenvalue weighted by Crippen LogP contribution is 2.30. The fraction of sp³-hybridized carbons (Fsp3) is 0.385. The number of alkyl halides is 3. The smallest absolute Gasteiger partial charge is 0.408 e. The van der Waals surface area contributed by atoms with Gasteiger partial charge in [-0.2, -0.15) is 13.2 Å². The van der Waals surface area contributed by atoms with Crippen LogP contribution >= 0.6 is 0 Å². The van der Waals surface area contributed by atoms with Crippen LogP contribution < -0.4 is 5.63 Å². The SMILES string of the molecule is CC(C)Cc1nc2cc(C(F)(F)F)ccc2c(=O)o1. The zero-order valence-corrected chi connectivity index (χ0v) is 10.4. The standard InChI is InChI=1S/C13H12F3NO2/c1-7(2)5-11-17-10-6-8(13(14,15)16)3-4-9(10)12(18)19-11/h3-4,6-7H,5H2,1-2H3. The van der Waals surface area contributed by atoms with Gasteiger partial charge in [0, 0.05) is 6.42 Å². The molecular weight excluding hydrogens is 259 g/mol. The molecule has 0 bridgehead atoms. The summed E-state index contributed by atoms with van der Waals surface area (Å²) in [6, 6.07) is 2.81. The van der Waals surface area contributed by atoms with Gasteiger partial charge in [-0.3, -0.25) is 0 Å². The topological polar surface area (TPSA) is 43.1 Å². The van der Waals surface area contributed by atoms with Crippen LogP contribution in [0.25, 0.3) is 10.9 Å². The van der Waals surface area contributed by atoms with Gasteiger partial charge in [0.15, 0.2) is 5.89 Å². The van der Waals surface area contributed by atoms with Gasteiger partial charge in [0.05, 0.1) is 16.5 Å². The van der Waals surface area contributed by atoms with Gasteiger partial charge in [-0.05, 0) is 24.1 Å². The van der Waals surface area contributed by atoms with E-state index in [2.05, 4.69) is 4.98 Å². The van der Waals surface area contributed by atoms with Gasteiger partial charge in [0.25, 0.3) is 0 Å². The molecular formula is C13H12F3NO2. The van der Waals surface area contributed by atoms with Gasteiger partial charge >= 0.3 is 11.8 Å². The maximum atomic E-state index is 12.6. The van der Waals surface area contributed by atoms with Crippen molar-refractivity contribution in [1.82, 2.24) is 4.98 Å². The third kappa shape index (κ3) is 2.94. The third-order valence-electron chi connectivity index (χ3n) is 2.58. The highest BCUT2D eigenvalue weighted by Gasteiger charge is 2.30. The van der Waals surface area contributed by atoms with Gasteiger partial charge in [-0.1, -0.05) is 13.8 Å². The van der Waals surface area contributed by atoms with Crippen LogP contribution in [0, 0.1) is 5.92 Å². The summed E-state index contributed by atoms with van der Waals surface area (Å²) in [5.41, 5.74) is -1.47. The Balaban J connectivity index is 2.60. The zero-order valence-electron chi connectivity index (χ0n) is 10.4. The Hall–Kier alpha value is -1.85. The van der Waals surface area contributed by atoms with Crippen LogP contribution in [0.1, 0.15) is 25.3 Å². The monoisotopic (exact) mass is 271 g/mol. The summed E-state index contributed by atoms with van der Waals surface area (Å²) in [5.74, 6) is 0.353. The van der Waals surface area contributed by atoms with Gasteiger partial charge in [0.2, 0.25) is 0 Å². The van der Waals surface area contributed by atoms with Gasteiger partial charge < -0.3 is 4.42 Å². The number of aromatic nitrogens is 1. The largest absolute Gasteiger partial charge is 0.416 e. The van der Waals surface area contributed by atoms with Crippen molar-refractivity contribution in [3.63, 3.8) is 0 Å². The highest BCUT2D eigenvalue weighted by atomic mass is 19.4. The molecule has 102 valence electrons. The Morgan fingerprint density at radius 2 is 2.00 bits per heavy atom. The van der Waals surface area contributed by atoms with E-state index in [0.29, 0.717) is 6.42 Å². The lowest BCUT2D eigenvalue weighted by atomic mass is 10.1. The normalized spacial score (nSPS) is 12.3. The van der Waals surface area contributed by atoms with Crippen molar-refractivity contribution in [3.8, 4) is 0 Å². The van der Waals surface area contributed by atoms with Gasteiger partial charge in [-0.15, -0.1) is 0 Å². The predicted molar refractivity (Wildman–Crippen MR) is 63.8 cm³/mol. The lowest BCUT2D eigenvalue weighted by Gasteiger charge is -2.08. The van der Waals surface area contributed by atoms with Crippen LogP contribution in [0.15, 0.2) is 27.4 Å². The molecule has 0 saturated carbocycles. The molecule has 6 heteroatoms. The number of fused-ring (bicyclic) bond motifs is 1. The minimum absolute atomic E-state index is 0.0155. The second-order valence-corrected chi connectivity index (χ2v) is 4.72. The molecule has 0 aliphatic rings. The fourth-order valence-electron chi connectivity index (χ4n) is 1.73. The molecule has 1 heterocycles. The van der Waals surface area contributed by atoms with E-state index in [4.69, 9.17) is 4.42 Å². The number of nitrogens with zero attached hydrogens (tertiary/aromatic N) is 1. The molecule has 1 aromatic heterocycles. The van der Waals surface area contributed by atoms with Crippen molar-refractivity contribution in [1.29, 1.82) is 0 Å². The quantitative estimate of drug-likeness (QED) is 0.840. The average molecular weight is 271 g/mol. The van der Waals surface area contributed by atoms with Crippen molar-refractivity contribution in [3.05, 3.63) is 40.1 Å². The van der Waals surface area contributed by atoms with E-state index >= 15 is 0 Å². The molecule has 0 N–H and O–H groups in total. The van der Waals surface area contributed by atoms with E-state index in [9.17, 15) is 18.0 Å². The van der Waals surface area contributed by atoms with Crippen LogP contribution in [0.2, 0.25) is 0 Å². The van der Waals surface area contributed by atoms with E-state index < -0.39 is 17.4 Å². The molecule has 0 radical (unpaired) electrons. The van der Waals surface area contributed by atoms with Crippen molar-refractivity contribution in [2.45, 2.75) is 26.4 Å². The lowest BCUT2D eigenvalue weighted by Crippen LogP contribution is -2.10. The summed E-state index contributed by atoms with van der Waals surface area (Å²) in [6.07, 6.45) is -4.05. The molecule has 0 aliphatic carbocycles. The van der Waals surface area contributed by atoms with E-state index in [1.807, 2.05) is 13.8 Å². The van der Waals surface area contributed by atoms with Crippen molar-refractivity contribution in [2.24, 2.45) is 5.92 Å². The molecule has 3 nitrogen and oxygen atoms in total. The van der Waals surface area contributed by atoms with Crippen LogP contribution in [0.5, 0.6) is 0 Å². The minimum atomic E-state index is -4.45. The third-order valence-corrected chi connectivity index (χ3v) is 2.58. The van der Waals surface area contributed by atoms with E-state index in [1.54, 1.807) is 0 Å². The summed E-state index contributed by atoms with van der Waals surface area (Å²) in [6.45, 7) is 3.80. The highest BCUT2D eigenvalue weighted by molar-refractivity contribution is 5.77. The Labute approximate surface area is 107 Å². The fourth-order valence-corrected chi connectivity index (χ4v) is 1.73. The first-order valence-electron chi connectivity index (χ1n) is 5.78. The molecule has 2 rings (SSSR count). The number of hydrogen-bond donors (Lipinski definition) is 0. The molecule has 0 amide bonds. The Bertz CT molecular complexity index is 659. The van der Waals surface area contributed by atoms with Crippen molar-refractivity contribution in [2.75, 3.05) is 0 Å². The average Bonchev–Trinajstić information content (AvgIpc) is 2.26. The molecule has 0 unspecified atom stereocenters. The predicted octanol–water partition coefficient (Wildman–Crippen LogP) is 3.41. The first-order chi connectivity index (χ1) is 8.77. The Kier molecular flexibility index (Phi) is 3.34. The molecule has 0 saturated heterocycles. The summed E-state index contributed by atoms with van der Waals surface area (Å²) in [4.78, 5) is 15.6. The molecule has 2 aromatic rings. The van der Waals surface area contributed by atoms with Gasteiger partial charge in [0.1, 0.15) is 0 Å². The number of benzene rings is 1. The van der Waals surface area contributed by atoms with E-state index in [1.165, 1.54) is 0 Å². The molecule has 19 heavy (non-hydrogen) atoms. The maximum absolute atomic E-state index is 12.6. The van der Waals surface area contributed by atoms with Gasteiger partial charge in [-0.25, -0.2) is 9.78 Å². The number of hydrogen-bond acceptors (Lipinski definition) is 3. The zero-order chi connectivity index (χ0) is 14.2. The number of rotatable bonds is 2. The van der Waals surface area contributed by atoms with Crippen LogP contribution in [-0.4, -0.2) is 4.98 Å². The van der Waals surface area contributed by atoms with E-state index in [-0.39, 0.29) is 22.7 Å². The Morgan fingerprint density at radius 1 is 1.32 bits per heavy atom. The van der Waals surface area contributed by atoms with Crippen molar-refractivity contribution < 1.29 is 17.6 Å². The first kappa shape index (κ1) is 13.6. The van der Waals surface area contributed by atoms with Crippen LogP contribution in [0.3, 0.4) is 0 Å².